The van der Waals surface area contributed by atoms with Crippen molar-refractivity contribution >= 4 is 10.8 Å². The van der Waals surface area contributed by atoms with E-state index in [9.17, 15) is 0 Å². The van der Waals surface area contributed by atoms with E-state index in [-0.39, 0.29) is 0 Å². The van der Waals surface area contributed by atoms with Crippen molar-refractivity contribution in [1.29, 1.82) is 0 Å². The molecule has 1 N–H and O–H groups in total. The molecule has 0 saturated carbocycles. The molecule has 1 saturated heterocycles. The van der Waals surface area contributed by atoms with Crippen LogP contribution in [0.3, 0.4) is 0 Å². The minimum atomic E-state index is 0.721. The summed E-state index contributed by atoms with van der Waals surface area (Å²) in [6.45, 7) is 10.5. The monoisotopic (exact) mass is 282 g/mol. The topological polar surface area (TPSA) is 15.3 Å². The van der Waals surface area contributed by atoms with E-state index in [4.69, 9.17) is 0 Å². The lowest BCUT2D eigenvalue weighted by Gasteiger charge is -2.34. The molecular weight excluding hydrogens is 256 g/mol. The molecule has 0 atom stereocenters. The Morgan fingerprint density at radius 3 is 2.52 bits per heavy atom. The second-order valence-corrected chi connectivity index (χ2v) is 6.79. The highest BCUT2D eigenvalue weighted by atomic mass is 15.1. The van der Waals surface area contributed by atoms with Crippen molar-refractivity contribution < 1.29 is 0 Å². The zero-order chi connectivity index (χ0) is 14.7. The molecule has 1 aliphatic rings. The van der Waals surface area contributed by atoms with Gasteiger partial charge in [-0.05, 0) is 34.2 Å². The third-order valence-electron chi connectivity index (χ3n) is 4.23. The highest BCUT2D eigenvalue weighted by Gasteiger charge is 2.20. The number of fused-ring (bicyclic) bond motifs is 1. The minimum absolute atomic E-state index is 0.721. The van der Waals surface area contributed by atoms with Gasteiger partial charge >= 0.3 is 0 Å². The van der Waals surface area contributed by atoms with Crippen molar-refractivity contribution in [3.05, 3.63) is 48.0 Å². The molecule has 0 radical (unpaired) electrons. The molecule has 0 amide bonds. The Bertz CT molecular complexity index is 587. The lowest BCUT2D eigenvalue weighted by molar-refractivity contribution is 0.170. The van der Waals surface area contributed by atoms with Crippen LogP contribution in [-0.2, 0) is 6.54 Å². The Hall–Kier alpha value is -1.38. The maximum atomic E-state index is 3.38. The predicted octanol–water partition coefficient (Wildman–Crippen LogP) is 3.52. The molecule has 1 heterocycles. The highest BCUT2D eigenvalue weighted by molar-refractivity contribution is 5.82. The summed E-state index contributed by atoms with van der Waals surface area (Å²) in [4.78, 5) is 2.63. The van der Waals surface area contributed by atoms with Crippen molar-refractivity contribution in [2.45, 2.75) is 20.4 Å². The van der Waals surface area contributed by atoms with E-state index in [0.29, 0.717) is 0 Å². The summed E-state index contributed by atoms with van der Waals surface area (Å²) in [7, 11) is 0. The van der Waals surface area contributed by atoms with Crippen LogP contribution in [-0.4, -0.2) is 31.1 Å². The second kappa shape index (κ2) is 6.59. The lowest BCUT2D eigenvalue weighted by Crippen LogP contribution is -2.48. The molecule has 1 fully saturated rings. The van der Waals surface area contributed by atoms with Gasteiger partial charge in [-0.2, -0.15) is 0 Å². The van der Waals surface area contributed by atoms with Gasteiger partial charge in [0.25, 0.3) is 0 Å². The first kappa shape index (κ1) is 14.6. The SMILES string of the molecule is CC(C)CN(Cc1ccc2ccccc2c1)CC1CNC1. The van der Waals surface area contributed by atoms with Crippen LogP contribution >= 0.6 is 0 Å². The standard InChI is InChI=1S/C19H26N2/c1-15(2)12-21(14-17-10-20-11-17)13-16-7-8-18-5-3-4-6-19(18)9-16/h3-9,15,17,20H,10-14H2,1-2H3. The fourth-order valence-corrected chi connectivity index (χ4v) is 3.16. The molecule has 2 aromatic carbocycles. The fraction of sp³-hybridized carbons (Fsp3) is 0.474. The molecule has 112 valence electrons. The van der Waals surface area contributed by atoms with Gasteiger partial charge in [-0.3, -0.25) is 4.90 Å². The average Bonchev–Trinajstić information content (AvgIpc) is 2.42. The maximum Gasteiger partial charge on any atom is 0.0234 e. The third kappa shape index (κ3) is 3.84. The Labute approximate surface area is 128 Å². The molecule has 0 unspecified atom stereocenters. The average molecular weight is 282 g/mol. The maximum absolute atomic E-state index is 3.38. The number of rotatable bonds is 6. The molecule has 0 aromatic heterocycles. The van der Waals surface area contributed by atoms with E-state index in [1.165, 1.54) is 42.5 Å². The zero-order valence-electron chi connectivity index (χ0n) is 13.2. The van der Waals surface area contributed by atoms with Gasteiger partial charge in [0.05, 0.1) is 0 Å². The Balaban J connectivity index is 1.72. The molecule has 21 heavy (non-hydrogen) atoms. The smallest absolute Gasteiger partial charge is 0.0234 e. The number of nitrogens with one attached hydrogen (secondary N) is 1. The van der Waals surface area contributed by atoms with Crippen LogP contribution < -0.4 is 5.32 Å². The van der Waals surface area contributed by atoms with Gasteiger partial charge in [-0.1, -0.05) is 50.2 Å². The first-order chi connectivity index (χ1) is 10.2. The van der Waals surface area contributed by atoms with Gasteiger partial charge in [0, 0.05) is 32.7 Å². The summed E-state index contributed by atoms with van der Waals surface area (Å²) in [5, 5.41) is 6.07. The van der Waals surface area contributed by atoms with Gasteiger partial charge in [0.2, 0.25) is 0 Å². The molecule has 3 rings (SSSR count). The van der Waals surface area contributed by atoms with Crippen molar-refractivity contribution in [2.75, 3.05) is 26.2 Å². The molecule has 1 aliphatic heterocycles. The number of hydrogen-bond donors (Lipinski definition) is 1. The van der Waals surface area contributed by atoms with E-state index >= 15 is 0 Å². The van der Waals surface area contributed by atoms with E-state index < -0.39 is 0 Å². The van der Waals surface area contributed by atoms with Crippen LogP contribution in [0.25, 0.3) is 10.8 Å². The first-order valence-electron chi connectivity index (χ1n) is 8.11. The third-order valence-corrected chi connectivity index (χ3v) is 4.23. The predicted molar refractivity (Wildman–Crippen MR) is 90.4 cm³/mol. The molecule has 2 aromatic rings. The summed E-state index contributed by atoms with van der Waals surface area (Å²) >= 11 is 0. The van der Waals surface area contributed by atoms with Crippen molar-refractivity contribution in [1.82, 2.24) is 10.2 Å². The number of nitrogens with zero attached hydrogens (tertiary/aromatic N) is 1. The van der Waals surface area contributed by atoms with Crippen LogP contribution in [0, 0.1) is 11.8 Å². The van der Waals surface area contributed by atoms with E-state index in [1.807, 2.05) is 0 Å². The van der Waals surface area contributed by atoms with E-state index in [0.717, 1.165) is 18.4 Å². The molecule has 2 nitrogen and oxygen atoms in total. The van der Waals surface area contributed by atoms with Gasteiger partial charge in [-0.25, -0.2) is 0 Å². The molecular formula is C19H26N2. The second-order valence-electron chi connectivity index (χ2n) is 6.79. The quantitative estimate of drug-likeness (QED) is 0.872. The van der Waals surface area contributed by atoms with Crippen molar-refractivity contribution in [3.8, 4) is 0 Å². The molecule has 2 heteroatoms. The summed E-state index contributed by atoms with van der Waals surface area (Å²) < 4.78 is 0. The van der Waals surface area contributed by atoms with Crippen LogP contribution in [0.4, 0.5) is 0 Å². The largest absolute Gasteiger partial charge is 0.316 e. The van der Waals surface area contributed by atoms with Gasteiger partial charge in [0.15, 0.2) is 0 Å². The van der Waals surface area contributed by atoms with Gasteiger partial charge < -0.3 is 5.32 Å². The van der Waals surface area contributed by atoms with Gasteiger partial charge in [0.1, 0.15) is 0 Å². The minimum Gasteiger partial charge on any atom is -0.316 e. The lowest BCUT2D eigenvalue weighted by atomic mass is 10.0. The fourth-order valence-electron chi connectivity index (χ4n) is 3.16. The highest BCUT2D eigenvalue weighted by Crippen LogP contribution is 2.18. The Morgan fingerprint density at radius 1 is 1.10 bits per heavy atom. The number of benzene rings is 2. The Morgan fingerprint density at radius 2 is 1.86 bits per heavy atom. The van der Waals surface area contributed by atoms with Crippen molar-refractivity contribution in [2.24, 2.45) is 11.8 Å². The van der Waals surface area contributed by atoms with Crippen molar-refractivity contribution in [3.63, 3.8) is 0 Å². The number of hydrogen-bond acceptors (Lipinski definition) is 2. The van der Waals surface area contributed by atoms with Crippen LogP contribution in [0.2, 0.25) is 0 Å². The van der Waals surface area contributed by atoms with Crippen LogP contribution in [0.1, 0.15) is 19.4 Å². The summed E-state index contributed by atoms with van der Waals surface area (Å²) in [6, 6.07) is 15.5. The molecule has 0 bridgehead atoms. The molecule has 0 spiro atoms. The van der Waals surface area contributed by atoms with Crippen LogP contribution in [0.15, 0.2) is 42.5 Å². The van der Waals surface area contributed by atoms with E-state index in [2.05, 4.69) is 66.5 Å². The van der Waals surface area contributed by atoms with Gasteiger partial charge in [-0.15, -0.1) is 0 Å². The summed E-state index contributed by atoms with van der Waals surface area (Å²) in [5.74, 6) is 1.56. The summed E-state index contributed by atoms with van der Waals surface area (Å²) in [6.07, 6.45) is 0. The Kier molecular flexibility index (Phi) is 4.57. The molecule has 0 aliphatic carbocycles. The first-order valence-corrected chi connectivity index (χ1v) is 8.11. The normalized spacial score (nSPS) is 15.8. The zero-order valence-corrected chi connectivity index (χ0v) is 13.2. The van der Waals surface area contributed by atoms with Crippen LogP contribution in [0.5, 0.6) is 0 Å². The van der Waals surface area contributed by atoms with E-state index in [1.54, 1.807) is 0 Å². The summed E-state index contributed by atoms with van der Waals surface area (Å²) in [5.41, 5.74) is 1.43.